The fourth-order valence-corrected chi connectivity index (χ4v) is 1.27. The van der Waals surface area contributed by atoms with Gasteiger partial charge in [0.1, 0.15) is 0 Å². The molecule has 4 heteroatoms. The van der Waals surface area contributed by atoms with Crippen molar-refractivity contribution in [3.8, 4) is 0 Å². The number of aromatic nitrogens is 2. The van der Waals surface area contributed by atoms with Gasteiger partial charge in [-0.25, -0.2) is 4.98 Å². The van der Waals surface area contributed by atoms with Crippen LogP contribution >= 0.6 is 0 Å². The van der Waals surface area contributed by atoms with Crippen molar-refractivity contribution < 1.29 is 4.79 Å². The van der Waals surface area contributed by atoms with E-state index in [1.54, 1.807) is 12.4 Å². The summed E-state index contributed by atoms with van der Waals surface area (Å²) >= 11 is 0. The molecule has 0 unspecified atom stereocenters. The Labute approximate surface area is 103 Å². The van der Waals surface area contributed by atoms with Crippen molar-refractivity contribution in [1.82, 2.24) is 9.97 Å². The number of hydrogen-bond donors (Lipinski definition) is 1. The van der Waals surface area contributed by atoms with E-state index >= 15 is 0 Å². The molecule has 17 heavy (non-hydrogen) atoms. The molecule has 1 N–H and O–H groups in total. The minimum atomic E-state index is -0.438. The third-order valence-electron chi connectivity index (χ3n) is 2.32. The maximum Gasteiger partial charge on any atom is 0.230 e. The van der Waals surface area contributed by atoms with Crippen LogP contribution in [0.3, 0.4) is 0 Å². The Kier molecular flexibility index (Phi) is 3.55. The summed E-state index contributed by atoms with van der Waals surface area (Å²) in [5.74, 6) is 0.503. The number of hydrogen-bond acceptors (Lipinski definition) is 3. The first-order valence-electron chi connectivity index (χ1n) is 5.75. The molecule has 0 spiro atoms. The smallest absolute Gasteiger partial charge is 0.230 e. The molecule has 1 heterocycles. The van der Waals surface area contributed by atoms with Gasteiger partial charge < -0.3 is 5.32 Å². The molecular weight excluding hydrogens is 214 g/mol. The zero-order valence-corrected chi connectivity index (χ0v) is 11.5. The molecule has 0 aliphatic carbocycles. The SMILES string of the molecule is CC(C)(C)C(=O)Nc1nccnc1C(C)(C)C. The molecule has 4 nitrogen and oxygen atoms in total. The van der Waals surface area contributed by atoms with Crippen LogP contribution in [-0.4, -0.2) is 15.9 Å². The van der Waals surface area contributed by atoms with E-state index in [-0.39, 0.29) is 11.3 Å². The number of carbonyl (C=O) groups is 1. The Hall–Kier alpha value is -1.45. The van der Waals surface area contributed by atoms with Crippen LogP contribution < -0.4 is 5.32 Å². The van der Waals surface area contributed by atoms with Crippen molar-refractivity contribution in [2.24, 2.45) is 5.41 Å². The van der Waals surface area contributed by atoms with Crippen LogP contribution in [0.5, 0.6) is 0 Å². The van der Waals surface area contributed by atoms with E-state index in [9.17, 15) is 4.79 Å². The lowest BCUT2D eigenvalue weighted by atomic mass is 9.91. The summed E-state index contributed by atoms with van der Waals surface area (Å²) in [6.07, 6.45) is 3.24. The van der Waals surface area contributed by atoms with Gasteiger partial charge in [0.15, 0.2) is 5.82 Å². The zero-order valence-electron chi connectivity index (χ0n) is 11.5. The maximum absolute atomic E-state index is 11.9. The lowest BCUT2D eigenvalue weighted by Crippen LogP contribution is -2.30. The van der Waals surface area contributed by atoms with Crippen LogP contribution in [0, 0.1) is 5.41 Å². The molecule has 94 valence electrons. The van der Waals surface area contributed by atoms with Crippen LogP contribution in [0.25, 0.3) is 0 Å². The average Bonchev–Trinajstić information content (AvgIpc) is 2.15. The Balaban J connectivity index is 3.04. The molecular formula is C13H21N3O. The first-order chi connectivity index (χ1) is 7.62. The monoisotopic (exact) mass is 235 g/mol. The average molecular weight is 235 g/mol. The molecule has 0 radical (unpaired) electrons. The summed E-state index contributed by atoms with van der Waals surface area (Å²) in [5.41, 5.74) is 0.221. The summed E-state index contributed by atoms with van der Waals surface area (Å²) in [5, 5.41) is 2.84. The minimum absolute atomic E-state index is 0.0523. The van der Waals surface area contributed by atoms with Crippen molar-refractivity contribution in [2.45, 2.75) is 47.0 Å². The van der Waals surface area contributed by atoms with Crippen LogP contribution in [-0.2, 0) is 10.2 Å². The number of nitrogens with one attached hydrogen (secondary N) is 1. The van der Waals surface area contributed by atoms with Gasteiger partial charge >= 0.3 is 0 Å². The van der Waals surface area contributed by atoms with E-state index in [1.807, 2.05) is 41.5 Å². The highest BCUT2D eigenvalue weighted by atomic mass is 16.2. The van der Waals surface area contributed by atoms with E-state index in [0.29, 0.717) is 5.82 Å². The van der Waals surface area contributed by atoms with Crippen molar-refractivity contribution >= 4 is 11.7 Å². The highest BCUT2D eigenvalue weighted by Gasteiger charge is 2.26. The first kappa shape index (κ1) is 13.6. The Morgan fingerprint density at radius 2 is 1.59 bits per heavy atom. The van der Waals surface area contributed by atoms with Gasteiger partial charge in [-0.3, -0.25) is 9.78 Å². The van der Waals surface area contributed by atoms with Crippen molar-refractivity contribution in [1.29, 1.82) is 0 Å². The molecule has 1 aromatic rings. The summed E-state index contributed by atoms with van der Waals surface area (Å²) in [6, 6.07) is 0. The van der Waals surface area contributed by atoms with Gasteiger partial charge in [0.05, 0.1) is 5.69 Å². The van der Waals surface area contributed by atoms with Gasteiger partial charge in [-0.2, -0.15) is 0 Å². The topological polar surface area (TPSA) is 54.9 Å². The van der Waals surface area contributed by atoms with Crippen LogP contribution in [0.15, 0.2) is 12.4 Å². The number of anilines is 1. The molecule has 0 atom stereocenters. The molecule has 0 saturated heterocycles. The van der Waals surface area contributed by atoms with Crippen LogP contribution in [0.4, 0.5) is 5.82 Å². The lowest BCUT2D eigenvalue weighted by Gasteiger charge is -2.23. The molecule has 1 amide bonds. The minimum Gasteiger partial charge on any atom is -0.309 e. The standard InChI is InChI=1S/C13H21N3O/c1-12(2,3)9-10(15-8-7-14-9)16-11(17)13(4,5)6/h7-8H,1-6H3,(H,15,16,17). The lowest BCUT2D eigenvalue weighted by molar-refractivity contribution is -0.123. The number of rotatable bonds is 1. The second kappa shape index (κ2) is 4.43. The zero-order chi connectivity index (χ0) is 13.3. The van der Waals surface area contributed by atoms with Gasteiger partial charge in [0, 0.05) is 23.2 Å². The number of amides is 1. The molecule has 1 aromatic heterocycles. The molecule has 0 aliphatic heterocycles. The molecule has 1 rings (SSSR count). The summed E-state index contributed by atoms with van der Waals surface area (Å²) in [6.45, 7) is 11.7. The normalized spacial score (nSPS) is 12.4. The van der Waals surface area contributed by atoms with E-state index < -0.39 is 5.41 Å². The van der Waals surface area contributed by atoms with Crippen molar-refractivity contribution in [3.63, 3.8) is 0 Å². The van der Waals surface area contributed by atoms with Gasteiger partial charge in [0.25, 0.3) is 0 Å². The molecule has 0 aromatic carbocycles. The predicted octanol–water partition coefficient (Wildman–Crippen LogP) is 2.76. The van der Waals surface area contributed by atoms with Crippen molar-refractivity contribution in [2.75, 3.05) is 5.32 Å². The van der Waals surface area contributed by atoms with E-state index in [2.05, 4.69) is 15.3 Å². The van der Waals surface area contributed by atoms with E-state index in [1.165, 1.54) is 0 Å². The van der Waals surface area contributed by atoms with Crippen molar-refractivity contribution in [3.05, 3.63) is 18.1 Å². The third kappa shape index (κ3) is 3.51. The fraction of sp³-hybridized carbons (Fsp3) is 0.615. The quantitative estimate of drug-likeness (QED) is 0.814. The summed E-state index contributed by atoms with van der Waals surface area (Å²) < 4.78 is 0. The van der Waals surface area contributed by atoms with Crippen LogP contribution in [0.1, 0.15) is 47.2 Å². The maximum atomic E-state index is 11.9. The molecule has 0 aliphatic rings. The number of nitrogens with zero attached hydrogens (tertiary/aromatic N) is 2. The first-order valence-corrected chi connectivity index (χ1v) is 5.75. The highest BCUT2D eigenvalue weighted by Crippen LogP contribution is 2.26. The van der Waals surface area contributed by atoms with E-state index in [4.69, 9.17) is 0 Å². The second-order valence-electron chi connectivity index (χ2n) is 6.21. The summed E-state index contributed by atoms with van der Waals surface area (Å²) in [4.78, 5) is 20.4. The molecule has 0 saturated carbocycles. The molecule has 0 fully saturated rings. The van der Waals surface area contributed by atoms with E-state index in [0.717, 1.165) is 5.69 Å². The van der Waals surface area contributed by atoms with Gasteiger partial charge in [-0.1, -0.05) is 41.5 Å². The Bertz CT molecular complexity index is 413. The third-order valence-corrected chi connectivity index (χ3v) is 2.32. The number of carbonyl (C=O) groups excluding carboxylic acids is 1. The van der Waals surface area contributed by atoms with Gasteiger partial charge in [-0.05, 0) is 0 Å². The van der Waals surface area contributed by atoms with Crippen LogP contribution in [0.2, 0.25) is 0 Å². The molecule has 0 bridgehead atoms. The Morgan fingerprint density at radius 3 is 2.06 bits per heavy atom. The summed E-state index contributed by atoms with van der Waals surface area (Å²) in [7, 11) is 0. The largest absolute Gasteiger partial charge is 0.309 e. The highest BCUT2D eigenvalue weighted by molar-refractivity contribution is 5.94. The van der Waals surface area contributed by atoms with Gasteiger partial charge in [-0.15, -0.1) is 0 Å². The predicted molar refractivity (Wildman–Crippen MR) is 68.8 cm³/mol. The fourth-order valence-electron chi connectivity index (χ4n) is 1.27. The second-order valence-corrected chi connectivity index (χ2v) is 6.21. The van der Waals surface area contributed by atoms with Gasteiger partial charge in [0.2, 0.25) is 5.91 Å². The Morgan fingerprint density at radius 1 is 1.06 bits per heavy atom.